The fraction of sp³-hybridized carbons (Fsp3) is 0.250. The Hall–Kier alpha value is -2.90. The summed E-state index contributed by atoms with van der Waals surface area (Å²) in [5.74, 6) is -0.503. The molecule has 0 aliphatic heterocycles. The molecule has 0 aliphatic carbocycles. The molecule has 6 nitrogen and oxygen atoms in total. The van der Waals surface area contributed by atoms with Crippen LogP contribution in [0, 0.1) is 21.7 Å². The SMILES string of the molecule is CCOc1cc(F)ccc1N.CCOc1cc(F)ccc1[N+](=O)[O-]. The minimum absolute atomic E-state index is 0.0347. The number of nitrogens with two attached hydrogens (primary N) is 1. The number of halogens is 2. The summed E-state index contributed by atoms with van der Waals surface area (Å²) in [6, 6.07) is 7.18. The monoisotopic (exact) mass is 340 g/mol. The van der Waals surface area contributed by atoms with Crippen LogP contribution in [0.2, 0.25) is 0 Å². The third-order valence-electron chi connectivity index (χ3n) is 2.69. The number of nitro benzene ring substituents is 1. The summed E-state index contributed by atoms with van der Waals surface area (Å²) in [6.45, 7) is 4.26. The molecular weight excluding hydrogens is 322 g/mol. The first-order valence-electron chi connectivity index (χ1n) is 7.13. The lowest BCUT2D eigenvalue weighted by atomic mass is 10.3. The van der Waals surface area contributed by atoms with Gasteiger partial charge in [0.1, 0.15) is 17.4 Å². The number of rotatable bonds is 5. The predicted octanol–water partition coefficient (Wildman–Crippen LogP) is 3.94. The van der Waals surface area contributed by atoms with Gasteiger partial charge in [-0.15, -0.1) is 0 Å². The molecule has 2 rings (SSSR count). The first-order chi connectivity index (χ1) is 11.4. The van der Waals surface area contributed by atoms with Crippen LogP contribution in [0.5, 0.6) is 11.5 Å². The second-order valence-corrected chi connectivity index (χ2v) is 4.42. The molecule has 2 aromatic carbocycles. The zero-order valence-electron chi connectivity index (χ0n) is 13.3. The summed E-state index contributed by atoms with van der Waals surface area (Å²) < 4.78 is 35.1. The van der Waals surface area contributed by atoms with E-state index in [-0.39, 0.29) is 23.9 Å². The lowest BCUT2D eigenvalue weighted by molar-refractivity contribution is -0.385. The summed E-state index contributed by atoms with van der Waals surface area (Å²) in [6.07, 6.45) is 0. The summed E-state index contributed by atoms with van der Waals surface area (Å²) in [4.78, 5) is 9.80. The van der Waals surface area contributed by atoms with Crippen molar-refractivity contribution in [1.29, 1.82) is 0 Å². The number of benzene rings is 2. The van der Waals surface area contributed by atoms with Gasteiger partial charge in [0.05, 0.1) is 23.8 Å². The number of nitrogen functional groups attached to an aromatic ring is 1. The topological polar surface area (TPSA) is 87.6 Å². The van der Waals surface area contributed by atoms with Crippen LogP contribution in [0.15, 0.2) is 36.4 Å². The van der Waals surface area contributed by atoms with E-state index in [4.69, 9.17) is 15.2 Å². The van der Waals surface area contributed by atoms with Crippen LogP contribution in [0.25, 0.3) is 0 Å². The molecule has 130 valence electrons. The van der Waals surface area contributed by atoms with Crippen molar-refractivity contribution in [2.45, 2.75) is 13.8 Å². The summed E-state index contributed by atoms with van der Waals surface area (Å²) >= 11 is 0. The molecule has 8 heteroatoms. The van der Waals surface area contributed by atoms with E-state index in [1.807, 2.05) is 6.92 Å². The van der Waals surface area contributed by atoms with E-state index in [0.717, 1.165) is 18.2 Å². The van der Waals surface area contributed by atoms with Gasteiger partial charge in [-0.3, -0.25) is 10.1 Å². The Morgan fingerprint density at radius 3 is 2.04 bits per heavy atom. The Balaban J connectivity index is 0.000000243. The Labute approximate surface area is 138 Å². The second kappa shape index (κ2) is 9.29. The zero-order valence-corrected chi connectivity index (χ0v) is 13.3. The van der Waals surface area contributed by atoms with Crippen molar-refractivity contribution in [2.24, 2.45) is 0 Å². The molecule has 2 aromatic rings. The quantitative estimate of drug-likeness (QED) is 0.506. The maximum Gasteiger partial charge on any atom is 0.311 e. The molecule has 0 spiro atoms. The molecule has 0 atom stereocenters. The van der Waals surface area contributed by atoms with Gasteiger partial charge in [-0.25, -0.2) is 8.78 Å². The van der Waals surface area contributed by atoms with Gasteiger partial charge in [0.15, 0.2) is 5.75 Å². The molecule has 0 aliphatic rings. The van der Waals surface area contributed by atoms with Gasteiger partial charge in [-0.1, -0.05) is 0 Å². The maximum absolute atomic E-state index is 12.6. The highest BCUT2D eigenvalue weighted by atomic mass is 19.1. The standard InChI is InChI=1S/C8H8FNO3.C8H10FNO/c1-2-13-8-5-6(9)3-4-7(8)10(11)12;1-2-11-8-5-6(9)3-4-7(8)10/h3-5H,2H2,1H3;3-5H,2,10H2,1H3. The number of ether oxygens (including phenoxy) is 2. The third-order valence-corrected chi connectivity index (χ3v) is 2.69. The van der Waals surface area contributed by atoms with Crippen LogP contribution in [-0.2, 0) is 0 Å². The first-order valence-corrected chi connectivity index (χ1v) is 7.13. The lowest BCUT2D eigenvalue weighted by Crippen LogP contribution is -1.97. The summed E-state index contributed by atoms with van der Waals surface area (Å²) in [5.41, 5.74) is 5.73. The van der Waals surface area contributed by atoms with Gasteiger partial charge >= 0.3 is 5.69 Å². The second-order valence-electron chi connectivity index (χ2n) is 4.42. The van der Waals surface area contributed by atoms with E-state index in [0.29, 0.717) is 18.0 Å². The highest BCUT2D eigenvalue weighted by Gasteiger charge is 2.14. The fourth-order valence-electron chi connectivity index (χ4n) is 1.70. The van der Waals surface area contributed by atoms with Crippen molar-refractivity contribution >= 4 is 11.4 Å². The van der Waals surface area contributed by atoms with Crippen LogP contribution in [0.3, 0.4) is 0 Å². The van der Waals surface area contributed by atoms with Gasteiger partial charge in [0.2, 0.25) is 0 Å². The molecule has 24 heavy (non-hydrogen) atoms. The zero-order chi connectivity index (χ0) is 18.1. The van der Waals surface area contributed by atoms with Gasteiger partial charge in [-0.05, 0) is 32.0 Å². The lowest BCUT2D eigenvalue weighted by Gasteiger charge is -2.05. The van der Waals surface area contributed by atoms with Gasteiger partial charge in [0.25, 0.3) is 0 Å². The molecule has 0 bridgehead atoms. The number of nitrogens with zero attached hydrogens (tertiary/aromatic N) is 1. The normalized spacial score (nSPS) is 9.67. The summed E-state index contributed by atoms with van der Waals surface area (Å²) in [7, 11) is 0. The van der Waals surface area contributed by atoms with E-state index in [2.05, 4.69) is 0 Å². The highest BCUT2D eigenvalue weighted by molar-refractivity contribution is 5.52. The maximum atomic E-state index is 12.6. The van der Waals surface area contributed by atoms with Crippen molar-refractivity contribution in [3.8, 4) is 11.5 Å². The highest BCUT2D eigenvalue weighted by Crippen LogP contribution is 2.27. The molecule has 0 fully saturated rings. The molecule has 0 heterocycles. The third kappa shape index (κ3) is 5.71. The number of hydrogen-bond acceptors (Lipinski definition) is 5. The fourth-order valence-corrected chi connectivity index (χ4v) is 1.70. The largest absolute Gasteiger partial charge is 0.492 e. The van der Waals surface area contributed by atoms with Gasteiger partial charge in [-0.2, -0.15) is 0 Å². The Bertz CT molecular complexity index is 696. The van der Waals surface area contributed by atoms with Gasteiger partial charge < -0.3 is 15.2 Å². The van der Waals surface area contributed by atoms with E-state index < -0.39 is 10.7 Å². The van der Waals surface area contributed by atoms with Crippen molar-refractivity contribution in [3.05, 3.63) is 58.1 Å². The first kappa shape index (κ1) is 19.1. The van der Waals surface area contributed by atoms with Crippen molar-refractivity contribution < 1.29 is 23.2 Å². The van der Waals surface area contributed by atoms with E-state index in [9.17, 15) is 18.9 Å². The van der Waals surface area contributed by atoms with Crippen LogP contribution in [0.1, 0.15) is 13.8 Å². The summed E-state index contributed by atoms with van der Waals surface area (Å²) in [5, 5.41) is 10.4. The molecule has 0 saturated carbocycles. The van der Waals surface area contributed by atoms with E-state index in [1.165, 1.54) is 18.2 Å². The predicted molar refractivity (Wildman–Crippen MR) is 86.2 cm³/mol. The molecule has 0 radical (unpaired) electrons. The molecule has 0 amide bonds. The van der Waals surface area contributed by atoms with Crippen LogP contribution < -0.4 is 15.2 Å². The van der Waals surface area contributed by atoms with E-state index >= 15 is 0 Å². The Morgan fingerprint density at radius 1 is 1.00 bits per heavy atom. The average molecular weight is 340 g/mol. The number of anilines is 1. The van der Waals surface area contributed by atoms with Crippen molar-refractivity contribution in [1.82, 2.24) is 0 Å². The van der Waals surface area contributed by atoms with E-state index in [1.54, 1.807) is 6.92 Å². The number of hydrogen-bond donors (Lipinski definition) is 1. The molecular formula is C16H18F2N2O4. The average Bonchev–Trinajstić information content (AvgIpc) is 2.52. The number of nitro groups is 1. The minimum atomic E-state index is -0.607. The van der Waals surface area contributed by atoms with Crippen molar-refractivity contribution in [2.75, 3.05) is 18.9 Å². The Kier molecular flexibility index (Phi) is 7.41. The van der Waals surface area contributed by atoms with Crippen LogP contribution in [0.4, 0.5) is 20.2 Å². The molecule has 2 N–H and O–H groups in total. The molecule has 0 unspecified atom stereocenters. The van der Waals surface area contributed by atoms with Crippen LogP contribution in [-0.4, -0.2) is 18.1 Å². The van der Waals surface area contributed by atoms with Crippen LogP contribution >= 0.6 is 0 Å². The minimum Gasteiger partial charge on any atom is -0.492 e. The van der Waals surface area contributed by atoms with Gasteiger partial charge in [0, 0.05) is 18.2 Å². The Morgan fingerprint density at radius 2 is 1.50 bits per heavy atom. The molecule has 0 saturated heterocycles. The molecule has 0 aromatic heterocycles. The van der Waals surface area contributed by atoms with Crippen molar-refractivity contribution in [3.63, 3.8) is 0 Å². The smallest absolute Gasteiger partial charge is 0.311 e.